The molecule has 0 radical (unpaired) electrons. The number of amides is 1. The molecule has 0 aliphatic carbocycles. The smallest absolute Gasteiger partial charge is 0.247 e. The van der Waals surface area contributed by atoms with Crippen LogP contribution in [0.2, 0.25) is 0 Å². The molecule has 0 saturated heterocycles. The van der Waals surface area contributed by atoms with Gasteiger partial charge in [0.1, 0.15) is 11.3 Å². The van der Waals surface area contributed by atoms with Gasteiger partial charge in [0.25, 0.3) is 0 Å². The fourth-order valence-electron chi connectivity index (χ4n) is 4.63. The maximum atomic E-state index is 15.3. The van der Waals surface area contributed by atoms with Gasteiger partial charge in [0.2, 0.25) is 11.9 Å². The van der Waals surface area contributed by atoms with Crippen molar-refractivity contribution in [2.45, 2.75) is 32.0 Å². The zero-order chi connectivity index (χ0) is 31.3. The summed E-state index contributed by atoms with van der Waals surface area (Å²) in [5, 5.41) is 6.90. The average Bonchev–Trinajstić information content (AvgIpc) is 3.37. The van der Waals surface area contributed by atoms with E-state index in [2.05, 4.69) is 37.0 Å². The van der Waals surface area contributed by atoms with Crippen LogP contribution in [0.3, 0.4) is 0 Å². The van der Waals surface area contributed by atoms with Gasteiger partial charge >= 0.3 is 0 Å². The van der Waals surface area contributed by atoms with Crippen molar-refractivity contribution < 1.29 is 13.9 Å². The van der Waals surface area contributed by atoms with Crippen LogP contribution in [0.1, 0.15) is 26.8 Å². The summed E-state index contributed by atoms with van der Waals surface area (Å²) in [6.45, 7) is 11.6. The number of carbonyl (C=O) groups is 1. The zero-order valence-corrected chi connectivity index (χ0v) is 26.5. The summed E-state index contributed by atoms with van der Waals surface area (Å²) in [6, 6.07) is 8.86. The molecule has 10 nitrogen and oxygen atoms in total. The number of likely N-dealkylation sites (N-methyl/N-ethyl adjacent to an activating group) is 2. The summed E-state index contributed by atoms with van der Waals surface area (Å²) >= 11 is 1.48. The second kappa shape index (κ2) is 13.9. The zero-order valence-electron chi connectivity index (χ0n) is 25.7. The van der Waals surface area contributed by atoms with Crippen molar-refractivity contribution in [1.29, 1.82) is 0 Å². The van der Waals surface area contributed by atoms with Crippen LogP contribution in [0.25, 0.3) is 22.3 Å². The first kappa shape index (κ1) is 31.8. The van der Waals surface area contributed by atoms with Crippen LogP contribution < -0.4 is 20.3 Å². The molecule has 0 spiro atoms. The molecule has 2 heterocycles. The van der Waals surface area contributed by atoms with E-state index < -0.39 is 5.82 Å². The summed E-state index contributed by atoms with van der Waals surface area (Å²) in [4.78, 5) is 30.1. The third-order valence-corrected chi connectivity index (χ3v) is 7.40. The minimum absolute atomic E-state index is 0.0994. The molecule has 4 rings (SSSR count). The van der Waals surface area contributed by atoms with Crippen LogP contribution in [0.5, 0.6) is 5.75 Å². The predicted octanol–water partition coefficient (Wildman–Crippen LogP) is 6.20. The maximum absolute atomic E-state index is 15.3. The van der Waals surface area contributed by atoms with Crippen molar-refractivity contribution in [3.8, 4) is 17.0 Å². The van der Waals surface area contributed by atoms with Gasteiger partial charge in [-0.15, -0.1) is 0 Å². The number of nitrogens with one attached hydrogen (secondary N) is 2. The highest BCUT2D eigenvalue weighted by atomic mass is 32.2. The van der Waals surface area contributed by atoms with Gasteiger partial charge in [0.15, 0.2) is 11.0 Å². The summed E-state index contributed by atoms with van der Waals surface area (Å²) in [5.41, 5.74) is 4.11. The number of aromatic nitrogens is 4. The van der Waals surface area contributed by atoms with E-state index >= 15 is 4.39 Å². The first-order chi connectivity index (χ1) is 20.6. The van der Waals surface area contributed by atoms with Gasteiger partial charge in [0.05, 0.1) is 34.9 Å². The Hall–Kier alpha value is -4.16. The third-order valence-electron chi connectivity index (χ3n) is 6.75. The summed E-state index contributed by atoms with van der Waals surface area (Å²) < 4.78 is 23.3. The summed E-state index contributed by atoms with van der Waals surface area (Å²) in [5.74, 6) is 0.109. The van der Waals surface area contributed by atoms with Crippen molar-refractivity contribution in [1.82, 2.24) is 24.4 Å². The van der Waals surface area contributed by atoms with Gasteiger partial charge in [-0.3, -0.25) is 4.79 Å². The molecule has 0 atom stereocenters. The van der Waals surface area contributed by atoms with E-state index in [0.717, 1.165) is 23.9 Å². The number of ether oxygens (including phenoxy) is 1. The molecule has 2 aromatic heterocycles. The highest BCUT2D eigenvalue weighted by Gasteiger charge is 2.19. The van der Waals surface area contributed by atoms with Crippen LogP contribution in [0.15, 0.2) is 54.3 Å². The molecule has 0 fully saturated rings. The lowest BCUT2D eigenvalue weighted by atomic mass is 10.1. The van der Waals surface area contributed by atoms with E-state index in [1.807, 2.05) is 64.9 Å². The second-order valence-electron chi connectivity index (χ2n) is 10.5. The van der Waals surface area contributed by atoms with Crippen LogP contribution in [0.4, 0.5) is 27.4 Å². The highest BCUT2D eigenvalue weighted by molar-refractivity contribution is 7.98. The number of carbonyl (C=O) groups excluding carboxylic acids is 1. The lowest BCUT2D eigenvalue weighted by molar-refractivity contribution is -0.111. The molecule has 12 heteroatoms. The standard InChI is InChI=1S/C31H39FN8O2S/c1-9-28(41)34-23-17-24(27(42-10-2)18-25(23)39(7)14-13-38(5)6)36-30-33-12-11-22(35-30)20-15-21(32)29-26(16-20)40(19(3)4)31(37-29)43-8/h9,11-12,15-19H,1,10,13-14H2,2-8H3,(H,34,41)(H,33,35,36). The largest absolute Gasteiger partial charge is 0.492 e. The van der Waals surface area contributed by atoms with Crippen LogP contribution in [-0.4, -0.2) is 77.4 Å². The Morgan fingerprint density at radius 3 is 2.58 bits per heavy atom. The Balaban J connectivity index is 1.75. The van der Waals surface area contributed by atoms with E-state index in [4.69, 9.17) is 9.72 Å². The van der Waals surface area contributed by atoms with Gasteiger partial charge < -0.3 is 29.7 Å². The fourth-order valence-corrected chi connectivity index (χ4v) is 5.32. The number of thioether (sulfide) groups is 1. The number of nitrogens with zero attached hydrogens (tertiary/aromatic N) is 6. The van der Waals surface area contributed by atoms with Crippen molar-refractivity contribution in [2.75, 3.05) is 62.6 Å². The van der Waals surface area contributed by atoms with Gasteiger partial charge in [-0.2, -0.15) is 0 Å². The van der Waals surface area contributed by atoms with E-state index in [-0.39, 0.29) is 17.9 Å². The number of hydrogen-bond donors (Lipinski definition) is 2. The number of halogens is 1. The summed E-state index contributed by atoms with van der Waals surface area (Å²) in [7, 11) is 5.97. The lowest BCUT2D eigenvalue weighted by Gasteiger charge is -2.26. The first-order valence-corrected chi connectivity index (χ1v) is 15.2. The average molecular weight is 607 g/mol. The second-order valence-corrected chi connectivity index (χ2v) is 11.3. The molecule has 43 heavy (non-hydrogen) atoms. The van der Waals surface area contributed by atoms with Crippen molar-refractivity contribution in [3.63, 3.8) is 0 Å². The SMILES string of the molecule is C=CC(=O)Nc1cc(Nc2nccc(-c3cc(F)c4nc(SC)n(C(C)C)c4c3)n2)c(OCC)cc1N(C)CCN(C)C. The number of hydrogen-bond acceptors (Lipinski definition) is 9. The minimum atomic E-state index is -0.412. The van der Waals surface area contributed by atoms with Crippen LogP contribution >= 0.6 is 11.8 Å². The normalized spacial score (nSPS) is 11.3. The van der Waals surface area contributed by atoms with E-state index in [0.29, 0.717) is 46.0 Å². The molecule has 0 saturated carbocycles. The Morgan fingerprint density at radius 2 is 1.93 bits per heavy atom. The van der Waals surface area contributed by atoms with Crippen molar-refractivity contribution >= 4 is 51.7 Å². The van der Waals surface area contributed by atoms with Gasteiger partial charge in [0, 0.05) is 44.0 Å². The number of fused-ring (bicyclic) bond motifs is 1. The number of benzene rings is 2. The molecule has 2 N–H and O–H groups in total. The van der Waals surface area contributed by atoms with E-state index in [1.165, 1.54) is 23.9 Å². The number of rotatable bonds is 13. The molecular weight excluding hydrogens is 567 g/mol. The quantitative estimate of drug-likeness (QED) is 0.136. The third kappa shape index (κ3) is 7.26. The van der Waals surface area contributed by atoms with Gasteiger partial charge in [-0.05, 0) is 71.5 Å². The number of anilines is 4. The van der Waals surface area contributed by atoms with Crippen LogP contribution in [0, 0.1) is 5.82 Å². The minimum Gasteiger partial charge on any atom is -0.492 e. The molecule has 0 aliphatic rings. The van der Waals surface area contributed by atoms with E-state index in [1.54, 1.807) is 18.3 Å². The first-order valence-electron chi connectivity index (χ1n) is 14.0. The lowest BCUT2D eigenvalue weighted by Crippen LogP contribution is -2.29. The molecule has 0 aliphatic heterocycles. The van der Waals surface area contributed by atoms with Crippen LogP contribution in [-0.2, 0) is 4.79 Å². The van der Waals surface area contributed by atoms with Gasteiger partial charge in [-0.25, -0.2) is 19.3 Å². The monoisotopic (exact) mass is 606 g/mol. The fraction of sp³-hybridized carbons (Fsp3) is 0.355. The maximum Gasteiger partial charge on any atom is 0.247 e. The van der Waals surface area contributed by atoms with Crippen molar-refractivity contribution in [2.24, 2.45) is 0 Å². The molecule has 2 aromatic carbocycles. The number of imidazole rings is 1. The van der Waals surface area contributed by atoms with E-state index in [9.17, 15) is 4.79 Å². The Morgan fingerprint density at radius 1 is 1.16 bits per heavy atom. The Kier molecular flexibility index (Phi) is 10.3. The Bertz CT molecular complexity index is 1620. The summed E-state index contributed by atoms with van der Waals surface area (Å²) in [6.07, 6.45) is 4.77. The Labute approximate surface area is 256 Å². The highest BCUT2D eigenvalue weighted by Crippen LogP contribution is 2.38. The van der Waals surface area contributed by atoms with Gasteiger partial charge in [-0.1, -0.05) is 18.3 Å². The molecule has 0 unspecified atom stereocenters. The molecule has 228 valence electrons. The molecular formula is C31H39FN8O2S. The molecule has 4 aromatic rings. The molecule has 1 amide bonds. The predicted molar refractivity (Wildman–Crippen MR) is 174 cm³/mol. The topological polar surface area (TPSA) is 100 Å². The molecule has 0 bridgehead atoms. The van der Waals surface area contributed by atoms with Crippen molar-refractivity contribution in [3.05, 3.63) is 55.0 Å².